The van der Waals surface area contributed by atoms with Gasteiger partial charge in [-0.05, 0) is 83.5 Å². The Morgan fingerprint density at radius 3 is 0.734 bits per heavy atom. The van der Waals surface area contributed by atoms with Gasteiger partial charge in [-0.25, -0.2) is 0 Å². The molecule has 6 nitrogen and oxygen atoms in total. The maximum Gasteiger partial charge on any atom is 0.306 e. The maximum atomic E-state index is 12.9. The van der Waals surface area contributed by atoms with E-state index >= 15 is 0 Å². The first-order valence-electron chi connectivity index (χ1n) is 35.1. The third-order valence-electron chi connectivity index (χ3n) is 15.8. The summed E-state index contributed by atoms with van der Waals surface area (Å²) < 4.78 is 17.0. The fourth-order valence-electron chi connectivity index (χ4n) is 10.5. The van der Waals surface area contributed by atoms with E-state index in [0.717, 1.165) is 77.0 Å². The van der Waals surface area contributed by atoms with E-state index in [9.17, 15) is 14.4 Å². The normalized spacial score (nSPS) is 12.3. The van der Waals surface area contributed by atoms with Crippen LogP contribution in [0.1, 0.15) is 380 Å². The Bertz CT molecular complexity index is 1360. The maximum absolute atomic E-state index is 12.9. The van der Waals surface area contributed by atoms with Gasteiger partial charge in [0.2, 0.25) is 0 Å². The summed E-state index contributed by atoms with van der Waals surface area (Å²) in [6.07, 6.45) is 85.7. The number of ether oxygens (including phenoxy) is 3. The van der Waals surface area contributed by atoms with E-state index in [1.165, 1.54) is 263 Å². The molecule has 462 valence electrons. The lowest BCUT2D eigenvalue weighted by atomic mass is 10.0. The quantitative estimate of drug-likeness (QED) is 0.0261. The van der Waals surface area contributed by atoms with Crippen LogP contribution in [0, 0.1) is 0 Å². The van der Waals surface area contributed by atoms with E-state index in [4.69, 9.17) is 14.2 Å². The summed E-state index contributed by atoms with van der Waals surface area (Å²) in [4.78, 5) is 38.4. The van der Waals surface area contributed by atoms with Crippen LogP contribution in [0.15, 0.2) is 48.6 Å². The molecular formula is C73H134O6. The molecule has 0 aliphatic carbocycles. The number of carbonyl (C=O) groups is 3. The van der Waals surface area contributed by atoms with Crippen LogP contribution in [0.5, 0.6) is 0 Å². The number of rotatable bonds is 65. The minimum atomic E-state index is -0.774. The molecule has 0 aromatic heterocycles. The molecule has 0 saturated carbocycles. The lowest BCUT2D eigenvalue weighted by molar-refractivity contribution is -0.167. The first kappa shape index (κ1) is 76.4. The van der Waals surface area contributed by atoms with Crippen molar-refractivity contribution in [2.24, 2.45) is 0 Å². The monoisotopic (exact) mass is 1110 g/mol. The van der Waals surface area contributed by atoms with E-state index in [-0.39, 0.29) is 31.1 Å². The summed E-state index contributed by atoms with van der Waals surface area (Å²) in [5.41, 5.74) is 0. The molecule has 1 unspecified atom stereocenters. The number of esters is 3. The van der Waals surface area contributed by atoms with Gasteiger partial charge in [-0.15, -0.1) is 0 Å². The van der Waals surface area contributed by atoms with Gasteiger partial charge in [-0.1, -0.05) is 326 Å². The second kappa shape index (κ2) is 67.9. The number of carbonyl (C=O) groups excluding carboxylic acids is 3. The molecule has 0 aromatic carbocycles. The SMILES string of the molecule is CCCCCC/C=C\CCCCCCCC(=O)OCC(COC(=O)CCCCCCCCCCCCCCCCCC/C=C\C/C=C\C/C=C\CCCCCCC)OC(=O)CCCCCCCCCCCCCCCCCCC. The van der Waals surface area contributed by atoms with Crippen molar-refractivity contribution < 1.29 is 28.6 Å². The molecule has 0 aromatic rings. The van der Waals surface area contributed by atoms with Crippen molar-refractivity contribution >= 4 is 17.9 Å². The molecule has 0 N–H and O–H groups in total. The minimum absolute atomic E-state index is 0.0705. The zero-order chi connectivity index (χ0) is 57.1. The molecule has 0 fully saturated rings. The highest BCUT2D eigenvalue weighted by molar-refractivity contribution is 5.71. The van der Waals surface area contributed by atoms with Gasteiger partial charge in [0.05, 0.1) is 0 Å². The average Bonchev–Trinajstić information content (AvgIpc) is 3.45. The third kappa shape index (κ3) is 66.1. The standard InChI is InChI=1S/C73H134O6/c1-4-7-10-13-16-19-22-25-27-29-30-31-32-33-34-35-36-37-38-39-40-41-42-44-45-48-51-54-57-60-63-66-72(75)78-69-70(68-77-71(74)65-62-59-56-53-50-47-24-21-18-15-12-9-6-3)79-73(76)67-64-61-58-55-52-49-46-43-28-26-23-20-17-14-11-8-5-2/h21-22,24-25,29-30,32-33,70H,4-20,23,26-28,31,34-69H2,1-3H3/b24-21-,25-22-,30-29-,33-32-. The Balaban J connectivity index is 4.16. The van der Waals surface area contributed by atoms with Gasteiger partial charge in [0, 0.05) is 19.3 Å². The average molecular weight is 1110 g/mol. The molecule has 6 heteroatoms. The van der Waals surface area contributed by atoms with Gasteiger partial charge in [-0.3, -0.25) is 14.4 Å². The van der Waals surface area contributed by atoms with E-state index in [2.05, 4.69) is 69.4 Å². The van der Waals surface area contributed by atoms with E-state index in [0.29, 0.717) is 19.3 Å². The number of hydrogen-bond donors (Lipinski definition) is 0. The largest absolute Gasteiger partial charge is 0.462 e. The Morgan fingerprint density at radius 2 is 0.456 bits per heavy atom. The van der Waals surface area contributed by atoms with Crippen LogP contribution in [-0.2, 0) is 28.6 Å². The zero-order valence-corrected chi connectivity index (χ0v) is 53.2. The van der Waals surface area contributed by atoms with E-state index in [1.54, 1.807) is 0 Å². The molecule has 0 bridgehead atoms. The van der Waals surface area contributed by atoms with Crippen molar-refractivity contribution in [3.63, 3.8) is 0 Å². The van der Waals surface area contributed by atoms with Crippen molar-refractivity contribution in [3.8, 4) is 0 Å². The van der Waals surface area contributed by atoms with E-state index < -0.39 is 6.10 Å². The third-order valence-corrected chi connectivity index (χ3v) is 15.8. The summed E-state index contributed by atoms with van der Waals surface area (Å²) >= 11 is 0. The van der Waals surface area contributed by atoms with Crippen LogP contribution in [0.4, 0.5) is 0 Å². The Hall–Kier alpha value is -2.63. The van der Waals surface area contributed by atoms with Gasteiger partial charge < -0.3 is 14.2 Å². The Labute approximate surface area is 492 Å². The fourth-order valence-corrected chi connectivity index (χ4v) is 10.5. The van der Waals surface area contributed by atoms with Crippen LogP contribution >= 0.6 is 0 Å². The number of unbranched alkanes of at least 4 members (excludes halogenated alkanes) is 46. The minimum Gasteiger partial charge on any atom is -0.462 e. The molecule has 0 aliphatic rings. The summed E-state index contributed by atoms with van der Waals surface area (Å²) in [5, 5.41) is 0. The topological polar surface area (TPSA) is 78.9 Å². The first-order valence-corrected chi connectivity index (χ1v) is 35.1. The van der Waals surface area contributed by atoms with Crippen molar-refractivity contribution in [2.75, 3.05) is 13.2 Å². The summed E-state index contributed by atoms with van der Waals surface area (Å²) in [5.74, 6) is -0.854. The smallest absolute Gasteiger partial charge is 0.306 e. The molecule has 0 amide bonds. The molecule has 0 heterocycles. The molecule has 0 spiro atoms. The molecule has 0 aliphatic heterocycles. The van der Waals surface area contributed by atoms with Gasteiger partial charge in [0.1, 0.15) is 13.2 Å². The van der Waals surface area contributed by atoms with Crippen molar-refractivity contribution in [1.82, 2.24) is 0 Å². The second-order valence-corrected chi connectivity index (χ2v) is 23.8. The van der Waals surface area contributed by atoms with Crippen molar-refractivity contribution in [3.05, 3.63) is 48.6 Å². The summed E-state index contributed by atoms with van der Waals surface area (Å²) in [6.45, 7) is 6.67. The second-order valence-electron chi connectivity index (χ2n) is 23.8. The van der Waals surface area contributed by atoms with Gasteiger partial charge in [-0.2, -0.15) is 0 Å². The molecule has 0 radical (unpaired) electrons. The molecule has 1 atom stereocenters. The Morgan fingerprint density at radius 1 is 0.253 bits per heavy atom. The molecular weight excluding hydrogens is 973 g/mol. The van der Waals surface area contributed by atoms with Crippen LogP contribution in [0.2, 0.25) is 0 Å². The summed E-state index contributed by atoms with van der Waals surface area (Å²) in [6, 6.07) is 0. The van der Waals surface area contributed by atoms with Gasteiger partial charge in [0.15, 0.2) is 6.10 Å². The first-order chi connectivity index (χ1) is 39.0. The lowest BCUT2D eigenvalue weighted by Gasteiger charge is -2.18. The molecule has 0 saturated heterocycles. The fraction of sp³-hybridized carbons (Fsp3) is 0.849. The summed E-state index contributed by atoms with van der Waals surface area (Å²) in [7, 11) is 0. The van der Waals surface area contributed by atoms with Gasteiger partial charge in [0.25, 0.3) is 0 Å². The van der Waals surface area contributed by atoms with Gasteiger partial charge >= 0.3 is 17.9 Å². The Kier molecular flexibility index (Phi) is 65.6. The highest BCUT2D eigenvalue weighted by Crippen LogP contribution is 2.18. The van der Waals surface area contributed by atoms with Crippen LogP contribution in [-0.4, -0.2) is 37.2 Å². The van der Waals surface area contributed by atoms with Crippen LogP contribution in [0.3, 0.4) is 0 Å². The van der Waals surface area contributed by atoms with Crippen molar-refractivity contribution in [1.29, 1.82) is 0 Å². The highest BCUT2D eigenvalue weighted by Gasteiger charge is 2.19. The number of hydrogen-bond acceptors (Lipinski definition) is 6. The number of allylic oxidation sites excluding steroid dienone is 8. The van der Waals surface area contributed by atoms with Crippen LogP contribution < -0.4 is 0 Å². The van der Waals surface area contributed by atoms with E-state index in [1.807, 2.05) is 0 Å². The predicted molar refractivity (Wildman–Crippen MR) is 344 cm³/mol. The van der Waals surface area contributed by atoms with Crippen LogP contribution in [0.25, 0.3) is 0 Å². The highest BCUT2D eigenvalue weighted by atomic mass is 16.6. The predicted octanol–water partition coefficient (Wildman–Crippen LogP) is 24.1. The molecule has 79 heavy (non-hydrogen) atoms. The lowest BCUT2D eigenvalue weighted by Crippen LogP contribution is -2.30. The zero-order valence-electron chi connectivity index (χ0n) is 53.2. The van der Waals surface area contributed by atoms with Crippen molar-refractivity contribution in [2.45, 2.75) is 386 Å². The molecule has 0 rings (SSSR count).